The van der Waals surface area contributed by atoms with Gasteiger partial charge in [-0.15, -0.1) is 4.31 Å². The second kappa shape index (κ2) is 7.51. The number of carbonyl (C=O) groups is 1. The van der Waals surface area contributed by atoms with Crippen LogP contribution in [0.1, 0.15) is 52.8 Å². The zero-order chi connectivity index (χ0) is 21.8. The number of nitrogens with zero attached hydrogens (tertiary/aromatic N) is 4. The minimum absolute atomic E-state index is 0.0980. The van der Waals surface area contributed by atoms with Crippen molar-refractivity contribution in [1.29, 1.82) is 0 Å². The summed E-state index contributed by atoms with van der Waals surface area (Å²) in [5, 5.41) is 8.18. The van der Waals surface area contributed by atoms with Gasteiger partial charge in [0.15, 0.2) is 20.9 Å². The molecule has 1 saturated heterocycles. The summed E-state index contributed by atoms with van der Waals surface area (Å²) in [5.41, 5.74) is 2.93. The van der Waals surface area contributed by atoms with Gasteiger partial charge in [-0.25, -0.2) is 4.98 Å². The zero-order valence-corrected chi connectivity index (χ0v) is 18.4. The molecular weight excluding hydrogens is 414 g/mol. The van der Waals surface area contributed by atoms with Crippen LogP contribution in [-0.2, 0) is 21.7 Å². The van der Waals surface area contributed by atoms with E-state index in [2.05, 4.69) is 5.32 Å². The molecule has 2 unspecified atom stereocenters. The van der Waals surface area contributed by atoms with Crippen LogP contribution in [0, 0.1) is 0 Å². The van der Waals surface area contributed by atoms with Gasteiger partial charge >= 0.3 is 0 Å². The molecule has 0 bridgehead atoms. The fourth-order valence-electron chi connectivity index (χ4n) is 4.40. The summed E-state index contributed by atoms with van der Waals surface area (Å²) < 4.78 is 29.3. The predicted octanol–water partition coefficient (Wildman–Crippen LogP) is 2.60. The predicted molar refractivity (Wildman–Crippen MR) is 116 cm³/mol. The Hall–Kier alpha value is -2.62. The third-order valence-corrected chi connectivity index (χ3v) is 8.11. The van der Waals surface area contributed by atoms with Crippen molar-refractivity contribution in [2.45, 2.75) is 36.0 Å². The van der Waals surface area contributed by atoms with Gasteiger partial charge in [0.25, 0.3) is 5.91 Å². The summed E-state index contributed by atoms with van der Waals surface area (Å²) in [6, 6.07) is 10.4. The van der Waals surface area contributed by atoms with Crippen LogP contribution >= 0.6 is 0 Å². The molecule has 2 aliphatic rings. The minimum atomic E-state index is -3.56. The van der Waals surface area contributed by atoms with Gasteiger partial charge in [-0.2, -0.15) is 5.10 Å². The Kier molecular flexibility index (Phi) is 4.91. The van der Waals surface area contributed by atoms with E-state index in [1.807, 2.05) is 13.1 Å². The van der Waals surface area contributed by atoms with Gasteiger partial charge in [-0.05, 0) is 37.5 Å². The van der Waals surface area contributed by atoms with E-state index >= 15 is 0 Å². The van der Waals surface area contributed by atoms with Gasteiger partial charge in [-0.1, -0.05) is 22.4 Å². The van der Waals surface area contributed by atoms with E-state index in [1.54, 1.807) is 42.1 Å². The Balaban J connectivity index is 1.54. The van der Waals surface area contributed by atoms with Gasteiger partial charge in [0, 0.05) is 38.2 Å². The second-order valence-electron chi connectivity index (χ2n) is 8.32. The molecule has 1 aromatic carbocycles. The molecule has 162 valence electrons. The smallest absolute Gasteiger partial charge is 0.251 e. The normalized spacial score (nSPS) is 21.3. The van der Waals surface area contributed by atoms with Crippen LogP contribution in [0.15, 0.2) is 41.3 Å². The Morgan fingerprint density at radius 2 is 1.94 bits per heavy atom. The molecule has 3 heterocycles. The number of hydrogen-bond acceptors (Lipinski definition) is 5. The monoisotopic (exact) mass is 439 g/mol. The largest absolute Gasteiger partial charge is 0.593 e. The lowest BCUT2D eigenvalue weighted by atomic mass is 9.98. The van der Waals surface area contributed by atoms with Crippen molar-refractivity contribution in [2.24, 2.45) is 7.05 Å². The van der Waals surface area contributed by atoms with Crippen LogP contribution in [0.4, 0.5) is 0 Å². The van der Waals surface area contributed by atoms with Gasteiger partial charge in [-0.3, -0.25) is 9.48 Å². The quantitative estimate of drug-likeness (QED) is 0.616. The fourth-order valence-corrected chi connectivity index (χ4v) is 5.92. The first kappa shape index (κ1) is 20.3. The number of sulfonamides is 1. The highest BCUT2D eigenvalue weighted by atomic mass is 32.3. The summed E-state index contributed by atoms with van der Waals surface area (Å²) >= 11 is 0. The molecule has 2 atom stereocenters. The number of aromatic nitrogens is 3. The number of hydrogen-bond donors (Lipinski definition) is 1. The first-order chi connectivity index (χ1) is 14.9. The molecule has 0 spiro atoms. The maximum atomic E-state index is 13.1. The van der Waals surface area contributed by atoms with Crippen molar-refractivity contribution in [2.75, 3.05) is 20.1 Å². The molecule has 2 aromatic heterocycles. The standard InChI is InChI=1S/C22H25N5O3S/c1-23-22(28)17-12-18(14-8-9-14)24-21-19(17)20(25-26(21)2)15-10-11-27(13-15)31(29,30)16-6-4-3-5-7-16/h3-7,12,14-15H,8-11,13H2,1-2H3,(H-,23,28,29,30). The van der Waals surface area contributed by atoms with Crippen LogP contribution in [-0.4, -0.2) is 49.7 Å². The van der Waals surface area contributed by atoms with Crippen molar-refractivity contribution < 1.29 is 13.6 Å². The van der Waals surface area contributed by atoms with E-state index in [1.165, 1.54) is 4.31 Å². The molecule has 9 heteroatoms. The van der Waals surface area contributed by atoms with E-state index in [0.717, 1.165) is 29.6 Å². The van der Waals surface area contributed by atoms with E-state index in [9.17, 15) is 13.6 Å². The second-order valence-corrected chi connectivity index (χ2v) is 10.3. The molecule has 1 aliphatic heterocycles. The summed E-state index contributed by atoms with van der Waals surface area (Å²) in [6.45, 7) is 0.754. The summed E-state index contributed by atoms with van der Waals surface area (Å²) in [6.07, 6.45) is 2.83. The van der Waals surface area contributed by atoms with Gasteiger partial charge < -0.3 is 9.87 Å². The summed E-state index contributed by atoms with van der Waals surface area (Å²) in [4.78, 5) is 17.8. The lowest BCUT2D eigenvalue weighted by molar-refractivity contribution is 0.0964. The van der Waals surface area contributed by atoms with E-state index in [4.69, 9.17) is 10.1 Å². The van der Waals surface area contributed by atoms with E-state index in [0.29, 0.717) is 41.5 Å². The molecule has 1 amide bonds. The molecule has 1 N–H and O–H groups in total. The number of nitrogens with one attached hydrogen (secondary N) is 1. The molecule has 1 saturated carbocycles. The third kappa shape index (κ3) is 3.46. The zero-order valence-electron chi connectivity index (χ0n) is 17.6. The fraction of sp³-hybridized carbons (Fsp3) is 0.409. The third-order valence-electron chi connectivity index (χ3n) is 6.23. The van der Waals surface area contributed by atoms with Crippen molar-refractivity contribution in [3.8, 4) is 0 Å². The van der Waals surface area contributed by atoms with Gasteiger partial charge in [0.2, 0.25) is 0 Å². The summed E-state index contributed by atoms with van der Waals surface area (Å²) in [7, 11) is -0.117. The molecule has 3 aromatic rings. The molecule has 5 rings (SSSR count). The molecule has 0 radical (unpaired) electrons. The summed E-state index contributed by atoms with van der Waals surface area (Å²) in [5.74, 6) is 0.138. The molecule has 8 nitrogen and oxygen atoms in total. The van der Waals surface area contributed by atoms with E-state index < -0.39 is 10.4 Å². The number of rotatable bonds is 5. The number of amides is 1. The van der Waals surface area contributed by atoms with Crippen LogP contribution in [0.5, 0.6) is 0 Å². The van der Waals surface area contributed by atoms with Gasteiger partial charge in [0.05, 0.1) is 23.2 Å². The SMILES string of the molecule is CNC(=O)c1cc(C2CC2)nc2c1c(C1CCN([S+](=O)([O-])c3ccccc3)C1)nn2C. The molecular formula is C22H25N5O3S. The number of benzene rings is 1. The first-order valence-corrected chi connectivity index (χ1v) is 12.0. The van der Waals surface area contributed by atoms with Crippen molar-refractivity contribution in [3.63, 3.8) is 0 Å². The van der Waals surface area contributed by atoms with E-state index in [-0.39, 0.29) is 11.8 Å². The highest BCUT2D eigenvalue weighted by Crippen LogP contribution is 2.42. The van der Waals surface area contributed by atoms with Crippen molar-refractivity contribution in [1.82, 2.24) is 24.4 Å². The number of aryl methyl sites for hydroxylation is 1. The number of pyridine rings is 1. The van der Waals surface area contributed by atoms with Crippen molar-refractivity contribution in [3.05, 3.63) is 53.3 Å². The number of fused-ring (bicyclic) bond motifs is 1. The average molecular weight is 440 g/mol. The Morgan fingerprint density at radius 3 is 2.61 bits per heavy atom. The van der Waals surface area contributed by atoms with Crippen molar-refractivity contribution >= 4 is 27.3 Å². The van der Waals surface area contributed by atoms with Crippen LogP contribution in [0.3, 0.4) is 0 Å². The molecule has 31 heavy (non-hydrogen) atoms. The Bertz CT molecular complexity index is 1200. The van der Waals surface area contributed by atoms with Crippen LogP contribution < -0.4 is 5.32 Å². The van der Waals surface area contributed by atoms with Crippen LogP contribution in [0.25, 0.3) is 11.0 Å². The lowest BCUT2D eigenvalue weighted by Gasteiger charge is -2.23. The lowest BCUT2D eigenvalue weighted by Crippen LogP contribution is -2.34. The molecule has 2 fully saturated rings. The Labute approximate surface area is 182 Å². The average Bonchev–Trinajstić information content (AvgIpc) is 3.42. The number of carbonyl (C=O) groups excluding carboxylic acids is 1. The highest BCUT2D eigenvalue weighted by Gasteiger charge is 2.40. The van der Waals surface area contributed by atoms with Gasteiger partial charge in [0.1, 0.15) is 0 Å². The Morgan fingerprint density at radius 1 is 1.19 bits per heavy atom. The maximum absolute atomic E-state index is 13.1. The molecule has 1 aliphatic carbocycles. The van der Waals surface area contributed by atoms with Crippen LogP contribution in [0.2, 0.25) is 0 Å². The maximum Gasteiger partial charge on any atom is 0.251 e. The first-order valence-electron chi connectivity index (χ1n) is 10.5. The minimum Gasteiger partial charge on any atom is -0.593 e. The highest BCUT2D eigenvalue weighted by molar-refractivity contribution is 7.95. The topological polar surface area (TPSA) is 103 Å².